The Morgan fingerprint density at radius 1 is 0.875 bits per heavy atom. The molecule has 2 aliphatic heterocycles. The van der Waals surface area contributed by atoms with E-state index in [0.717, 1.165) is 37.7 Å². The van der Waals surface area contributed by atoms with Crippen LogP contribution in [0, 0.1) is 26.2 Å². The van der Waals surface area contributed by atoms with Crippen LogP contribution in [0.2, 0.25) is 0 Å². The summed E-state index contributed by atoms with van der Waals surface area (Å²) < 4.78 is 11.9. The first-order valence-electron chi connectivity index (χ1n) is 11.9. The van der Waals surface area contributed by atoms with Crippen LogP contribution in [0.25, 0.3) is 0 Å². The van der Waals surface area contributed by atoms with Crippen molar-refractivity contribution in [3.05, 3.63) is 46.5 Å². The molecule has 0 radical (unpaired) electrons. The van der Waals surface area contributed by atoms with E-state index in [4.69, 9.17) is 9.47 Å². The summed E-state index contributed by atoms with van der Waals surface area (Å²) in [6, 6.07) is 8.43. The summed E-state index contributed by atoms with van der Waals surface area (Å²) in [7, 11) is 1.72. The molecular formula is C28H40N2O2. The summed E-state index contributed by atoms with van der Waals surface area (Å²) >= 11 is 0. The maximum Gasteiger partial charge on any atom is 0.127 e. The highest BCUT2D eigenvalue weighted by molar-refractivity contribution is 5.71. The lowest BCUT2D eigenvalue weighted by Gasteiger charge is -2.40. The van der Waals surface area contributed by atoms with Gasteiger partial charge in [0.25, 0.3) is 0 Å². The van der Waals surface area contributed by atoms with Crippen molar-refractivity contribution in [2.45, 2.75) is 66.9 Å². The van der Waals surface area contributed by atoms with E-state index in [1.807, 2.05) is 12.1 Å². The minimum Gasteiger partial charge on any atom is -0.497 e. The molecular weight excluding hydrogens is 396 g/mol. The van der Waals surface area contributed by atoms with Crippen molar-refractivity contribution in [2.24, 2.45) is 5.41 Å². The van der Waals surface area contributed by atoms with Crippen molar-refractivity contribution in [1.29, 1.82) is 0 Å². The molecule has 1 atom stereocenters. The van der Waals surface area contributed by atoms with E-state index in [0.29, 0.717) is 5.92 Å². The third-order valence-electron chi connectivity index (χ3n) is 7.51. The Balaban J connectivity index is 1.65. The van der Waals surface area contributed by atoms with E-state index in [9.17, 15) is 0 Å². The fraction of sp³-hybridized carbons (Fsp3) is 0.571. The number of anilines is 2. The van der Waals surface area contributed by atoms with Gasteiger partial charge in [0.05, 0.1) is 7.11 Å². The van der Waals surface area contributed by atoms with Gasteiger partial charge < -0.3 is 19.3 Å². The average molecular weight is 437 g/mol. The number of hydrogen-bond donors (Lipinski definition) is 0. The molecule has 32 heavy (non-hydrogen) atoms. The van der Waals surface area contributed by atoms with E-state index < -0.39 is 0 Å². The van der Waals surface area contributed by atoms with Crippen molar-refractivity contribution in [1.82, 2.24) is 0 Å². The maximum atomic E-state index is 6.62. The highest BCUT2D eigenvalue weighted by Gasteiger charge is 2.49. The molecule has 0 spiro atoms. The van der Waals surface area contributed by atoms with Gasteiger partial charge in [0.15, 0.2) is 0 Å². The molecule has 0 saturated carbocycles. The molecule has 1 unspecified atom stereocenters. The van der Waals surface area contributed by atoms with Gasteiger partial charge in [-0.2, -0.15) is 0 Å². The third-order valence-corrected chi connectivity index (χ3v) is 7.51. The normalized spacial score (nSPS) is 20.2. The zero-order chi connectivity index (χ0) is 23.4. The van der Waals surface area contributed by atoms with Gasteiger partial charge in [-0.1, -0.05) is 20.8 Å². The van der Waals surface area contributed by atoms with Gasteiger partial charge in [-0.3, -0.25) is 0 Å². The Morgan fingerprint density at radius 2 is 1.44 bits per heavy atom. The highest BCUT2D eigenvalue weighted by Crippen LogP contribution is 2.57. The largest absolute Gasteiger partial charge is 0.497 e. The molecule has 2 aromatic carbocycles. The fourth-order valence-electron chi connectivity index (χ4n) is 6.21. The second kappa shape index (κ2) is 7.90. The lowest BCUT2D eigenvalue weighted by Crippen LogP contribution is -2.47. The van der Waals surface area contributed by atoms with Crippen molar-refractivity contribution in [2.75, 3.05) is 43.1 Å². The van der Waals surface area contributed by atoms with Crippen LogP contribution in [-0.2, 0) is 0 Å². The summed E-state index contributed by atoms with van der Waals surface area (Å²) in [6.07, 6.45) is 0. The molecule has 0 aromatic heterocycles. The first-order chi connectivity index (χ1) is 15.0. The van der Waals surface area contributed by atoms with E-state index in [-0.39, 0.29) is 11.0 Å². The van der Waals surface area contributed by atoms with Crippen LogP contribution in [0.3, 0.4) is 0 Å². The number of piperazine rings is 1. The Kier molecular flexibility index (Phi) is 5.63. The number of fused-ring (bicyclic) bond motifs is 1. The standard InChI is InChI=1S/C28H40N2O2/c1-18-19(2)25-23(26(27(4,5)6)28(7,8)32-25)20(3)24(18)30-16-14-29(15-17-30)21-10-12-22(31-9)13-11-21/h10-13,26H,14-17H2,1-9H3. The zero-order valence-corrected chi connectivity index (χ0v) is 21.4. The summed E-state index contributed by atoms with van der Waals surface area (Å²) in [5, 5.41) is 0. The van der Waals surface area contributed by atoms with Gasteiger partial charge >= 0.3 is 0 Å². The Hall–Kier alpha value is -2.36. The first kappa shape index (κ1) is 22.8. The number of ether oxygens (including phenoxy) is 2. The smallest absolute Gasteiger partial charge is 0.127 e. The molecule has 1 saturated heterocycles. The highest BCUT2D eigenvalue weighted by atomic mass is 16.5. The topological polar surface area (TPSA) is 24.9 Å². The number of benzene rings is 2. The van der Waals surface area contributed by atoms with Gasteiger partial charge in [0.1, 0.15) is 17.1 Å². The molecule has 1 fully saturated rings. The minimum atomic E-state index is -0.200. The summed E-state index contributed by atoms with van der Waals surface area (Å²) in [5.74, 6) is 2.40. The van der Waals surface area contributed by atoms with Crippen molar-refractivity contribution < 1.29 is 9.47 Å². The summed E-state index contributed by atoms with van der Waals surface area (Å²) in [5.41, 5.74) is 8.13. The number of hydrogen-bond acceptors (Lipinski definition) is 4. The van der Waals surface area contributed by atoms with Gasteiger partial charge in [-0.05, 0) is 81.0 Å². The second-order valence-electron chi connectivity index (χ2n) is 11.1. The van der Waals surface area contributed by atoms with Crippen LogP contribution in [0.5, 0.6) is 11.5 Å². The number of rotatable bonds is 3. The molecule has 2 aromatic rings. The quantitative estimate of drug-likeness (QED) is 0.568. The Bertz CT molecular complexity index is 994. The zero-order valence-electron chi connectivity index (χ0n) is 21.4. The van der Waals surface area contributed by atoms with E-state index in [1.165, 1.54) is 33.6 Å². The summed E-state index contributed by atoms with van der Waals surface area (Å²) in [4.78, 5) is 5.08. The van der Waals surface area contributed by atoms with Gasteiger partial charge in [0.2, 0.25) is 0 Å². The molecule has 0 amide bonds. The maximum absolute atomic E-state index is 6.62. The van der Waals surface area contributed by atoms with E-state index in [1.54, 1.807) is 7.11 Å². The minimum absolute atomic E-state index is 0.130. The van der Waals surface area contributed by atoms with Crippen LogP contribution in [0.1, 0.15) is 62.8 Å². The van der Waals surface area contributed by atoms with Crippen LogP contribution in [0.15, 0.2) is 24.3 Å². The van der Waals surface area contributed by atoms with Crippen molar-refractivity contribution >= 4 is 11.4 Å². The van der Waals surface area contributed by atoms with Crippen LogP contribution < -0.4 is 19.3 Å². The SMILES string of the molecule is COc1ccc(N2CCN(c3c(C)c(C)c4c(c3C)C(C(C)(C)C)C(C)(C)O4)CC2)cc1. The predicted octanol–water partition coefficient (Wildman–Crippen LogP) is 6.25. The molecule has 4 heteroatoms. The Labute approximate surface area is 194 Å². The fourth-order valence-corrected chi connectivity index (χ4v) is 6.21. The van der Waals surface area contributed by atoms with Gasteiger partial charge in [-0.15, -0.1) is 0 Å². The molecule has 4 nitrogen and oxygen atoms in total. The molecule has 2 aliphatic rings. The lowest BCUT2D eigenvalue weighted by molar-refractivity contribution is 0.0641. The summed E-state index contributed by atoms with van der Waals surface area (Å²) in [6.45, 7) is 22.5. The van der Waals surface area contributed by atoms with Crippen LogP contribution >= 0.6 is 0 Å². The van der Waals surface area contributed by atoms with E-state index in [2.05, 4.69) is 77.3 Å². The molecule has 0 aliphatic carbocycles. The number of nitrogens with zero attached hydrogens (tertiary/aromatic N) is 2. The Morgan fingerprint density at radius 3 is 1.97 bits per heavy atom. The lowest BCUT2D eigenvalue weighted by atomic mass is 9.68. The molecule has 0 bridgehead atoms. The molecule has 4 rings (SSSR count). The monoisotopic (exact) mass is 436 g/mol. The van der Waals surface area contributed by atoms with Crippen molar-refractivity contribution in [3.63, 3.8) is 0 Å². The van der Waals surface area contributed by atoms with Gasteiger partial charge in [-0.25, -0.2) is 0 Å². The average Bonchev–Trinajstić information content (AvgIpc) is 3.05. The van der Waals surface area contributed by atoms with Gasteiger partial charge in [0, 0.05) is 49.0 Å². The van der Waals surface area contributed by atoms with Crippen LogP contribution in [-0.4, -0.2) is 38.9 Å². The van der Waals surface area contributed by atoms with Crippen molar-refractivity contribution in [3.8, 4) is 11.5 Å². The number of methoxy groups -OCH3 is 1. The first-order valence-corrected chi connectivity index (χ1v) is 11.9. The van der Waals surface area contributed by atoms with Crippen LogP contribution in [0.4, 0.5) is 11.4 Å². The second-order valence-corrected chi connectivity index (χ2v) is 11.1. The predicted molar refractivity (Wildman–Crippen MR) is 135 cm³/mol. The molecule has 174 valence electrons. The third kappa shape index (κ3) is 3.72. The van der Waals surface area contributed by atoms with E-state index >= 15 is 0 Å². The molecule has 2 heterocycles. The molecule has 0 N–H and O–H groups in total.